The number of rotatable bonds is 10. The molecule has 2 unspecified atom stereocenters. The zero-order valence-corrected chi connectivity index (χ0v) is 12.1. The molecule has 124 valence electrons. The van der Waals surface area contributed by atoms with Gasteiger partial charge >= 0.3 is 12.3 Å². The molecule has 0 aromatic carbocycles. The standard InChI is InChI=1S/C12H22O9/c1-9(20-11(15)18-5-3-13)7-17-8-10(2)21-12(16)19-6-4-14/h9-10,13-14H,3-8H2,1-2H3. The first kappa shape index (κ1) is 19.4. The summed E-state index contributed by atoms with van der Waals surface area (Å²) in [6.07, 6.45) is -2.89. The van der Waals surface area contributed by atoms with Crippen molar-refractivity contribution in [1.29, 1.82) is 0 Å². The Labute approximate surface area is 122 Å². The van der Waals surface area contributed by atoms with Gasteiger partial charge in [0.15, 0.2) is 0 Å². The van der Waals surface area contributed by atoms with Crippen LogP contribution in [0.2, 0.25) is 0 Å². The summed E-state index contributed by atoms with van der Waals surface area (Å²) in [7, 11) is 0. The fraction of sp³-hybridized carbons (Fsp3) is 0.833. The molecule has 0 aliphatic rings. The van der Waals surface area contributed by atoms with E-state index in [-0.39, 0.29) is 39.6 Å². The van der Waals surface area contributed by atoms with Gasteiger partial charge in [-0.05, 0) is 13.8 Å². The maximum atomic E-state index is 11.0. The number of carbonyl (C=O) groups excluding carboxylic acids is 2. The van der Waals surface area contributed by atoms with Crippen molar-refractivity contribution in [2.24, 2.45) is 0 Å². The van der Waals surface area contributed by atoms with Crippen LogP contribution in [0.25, 0.3) is 0 Å². The van der Waals surface area contributed by atoms with E-state index in [4.69, 9.17) is 24.4 Å². The molecule has 21 heavy (non-hydrogen) atoms. The molecular formula is C12H22O9. The average molecular weight is 310 g/mol. The van der Waals surface area contributed by atoms with Gasteiger partial charge in [-0.15, -0.1) is 0 Å². The Hall–Kier alpha value is -1.58. The lowest BCUT2D eigenvalue weighted by molar-refractivity contribution is -0.0417. The molecule has 0 spiro atoms. The maximum absolute atomic E-state index is 11.0. The number of carbonyl (C=O) groups is 2. The second-order valence-corrected chi connectivity index (χ2v) is 4.04. The smallest absolute Gasteiger partial charge is 0.432 e. The van der Waals surface area contributed by atoms with E-state index in [0.29, 0.717) is 0 Å². The summed E-state index contributed by atoms with van der Waals surface area (Å²) in [5.74, 6) is 0. The van der Waals surface area contributed by atoms with Crippen LogP contribution in [-0.2, 0) is 23.7 Å². The third kappa shape index (κ3) is 11.9. The third-order valence-electron chi connectivity index (χ3n) is 1.92. The van der Waals surface area contributed by atoms with E-state index in [9.17, 15) is 9.59 Å². The molecular weight excluding hydrogens is 288 g/mol. The van der Waals surface area contributed by atoms with Crippen LogP contribution in [0.1, 0.15) is 13.8 Å². The van der Waals surface area contributed by atoms with Crippen LogP contribution in [0.15, 0.2) is 0 Å². The molecule has 0 saturated carbocycles. The van der Waals surface area contributed by atoms with Gasteiger partial charge in [0.25, 0.3) is 0 Å². The van der Waals surface area contributed by atoms with Crippen LogP contribution in [0, 0.1) is 0 Å². The summed E-state index contributed by atoms with van der Waals surface area (Å²) in [4.78, 5) is 22.1. The molecule has 9 heteroatoms. The first-order valence-corrected chi connectivity index (χ1v) is 6.45. The molecule has 0 aliphatic heterocycles. The monoisotopic (exact) mass is 310 g/mol. The van der Waals surface area contributed by atoms with Crippen LogP contribution in [0.5, 0.6) is 0 Å². The van der Waals surface area contributed by atoms with E-state index in [1.807, 2.05) is 0 Å². The molecule has 0 aromatic rings. The fourth-order valence-electron chi connectivity index (χ4n) is 1.12. The van der Waals surface area contributed by atoms with Gasteiger partial charge in [-0.1, -0.05) is 0 Å². The van der Waals surface area contributed by atoms with Crippen LogP contribution in [-0.4, -0.2) is 74.4 Å². The van der Waals surface area contributed by atoms with Crippen LogP contribution >= 0.6 is 0 Å². The minimum atomic E-state index is -0.892. The van der Waals surface area contributed by atoms with Gasteiger partial charge in [0.2, 0.25) is 0 Å². The zero-order chi connectivity index (χ0) is 16.1. The van der Waals surface area contributed by atoms with Gasteiger partial charge in [-0.3, -0.25) is 0 Å². The Morgan fingerprint density at radius 2 is 1.24 bits per heavy atom. The Kier molecular flexibility index (Phi) is 11.3. The summed E-state index contributed by atoms with van der Waals surface area (Å²) >= 11 is 0. The molecule has 0 heterocycles. The van der Waals surface area contributed by atoms with Crippen LogP contribution < -0.4 is 0 Å². The number of hydrogen-bond donors (Lipinski definition) is 2. The molecule has 0 aromatic heterocycles. The highest BCUT2D eigenvalue weighted by molar-refractivity contribution is 5.60. The van der Waals surface area contributed by atoms with E-state index in [1.54, 1.807) is 13.8 Å². The summed E-state index contributed by atoms with van der Waals surface area (Å²) in [5.41, 5.74) is 0. The highest BCUT2D eigenvalue weighted by Gasteiger charge is 2.14. The molecule has 2 N–H and O–H groups in total. The number of aliphatic hydroxyl groups excluding tert-OH is 2. The van der Waals surface area contributed by atoms with E-state index in [0.717, 1.165) is 0 Å². The first-order chi connectivity index (χ1) is 9.99. The Bertz CT molecular complexity index is 266. The Morgan fingerprint density at radius 1 is 0.857 bits per heavy atom. The highest BCUT2D eigenvalue weighted by Crippen LogP contribution is 1.99. The molecule has 0 fully saturated rings. The molecule has 0 aliphatic carbocycles. The highest BCUT2D eigenvalue weighted by atomic mass is 16.7. The van der Waals surface area contributed by atoms with Gasteiger partial charge in [0.05, 0.1) is 26.4 Å². The Morgan fingerprint density at radius 3 is 1.57 bits per heavy atom. The van der Waals surface area contributed by atoms with Crippen molar-refractivity contribution >= 4 is 12.3 Å². The van der Waals surface area contributed by atoms with Crippen molar-refractivity contribution in [2.45, 2.75) is 26.1 Å². The first-order valence-electron chi connectivity index (χ1n) is 6.45. The van der Waals surface area contributed by atoms with Gasteiger partial charge in [-0.25, -0.2) is 9.59 Å². The minimum absolute atomic E-state index is 0.0909. The predicted molar refractivity (Wildman–Crippen MR) is 68.8 cm³/mol. The van der Waals surface area contributed by atoms with Crippen LogP contribution in [0.4, 0.5) is 9.59 Å². The van der Waals surface area contributed by atoms with Crippen molar-refractivity contribution in [3.63, 3.8) is 0 Å². The van der Waals surface area contributed by atoms with Crippen molar-refractivity contribution in [3.8, 4) is 0 Å². The molecule has 0 saturated heterocycles. The number of hydrogen-bond acceptors (Lipinski definition) is 9. The van der Waals surface area contributed by atoms with Gasteiger partial charge in [0.1, 0.15) is 25.4 Å². The van der Waals surface area contributed by atoms with Crippen molar-refractivity contribution < 1.29 is 43.5 Å². The number of aliphatic hydroxyl groups is 2. The summed E-state index contributed by atoms with van der Waals surface area (Å²) in [5, 5.41) is 16.9. The SMILES string of the molecule is CC(COCC(C)OC(=O)OCCO)OC(=O)OCCO. The predicted octanol–water partition coefficient (Wildman–Crippen LogP) is 0.0710. The second kappa shape index (κ2) is 12.2. The second-order valence-electron chi connectivity index (χ2n) is 4.04. The Balaban J connectivity index is 3.67. The minimum Gasteiger partial charge on any atom is -0.432 e. The van der Waals surface area contributed by atoms with Crippen molar-refractivity contribution in [1.82, 2.24) is 0 Å². The lowest BCUT2D eigenvalue weighted by Crippen LogP contribution is -2.26. The molecule has 0 rings (SSSR count). The van der Waals surface area contributed by atoms with Gasteiger partial charge in [-0.2, -0.15) is 0 Å². The molecule has 0 bridgehead atoms. The molecule has 9 nitrogen and oxygen atoms in total. The lowest BCUT2D eigenvalue weighted by Gasteiger charge is -2.16. The van der Waals surface area contributed by atoms with Crippen molar-refractivity contribution in [2.75, 3.05) is 39.6 Å². The van der Waals surface area contributed by atoms with E-state index in [2.05, 4.69) is 9.47 Å². The molecule has 0 amide bonds. The number of ether oxygens (including phenoxy) is 5. The van der Waals surface area contributed by atoms with Gasteiger partial charge in [0, 0.05) is 0 Å². The van der Waals surface area contributed by atoms with Crippen molar-refractivity contribution in [3.05, 3.63) is 0 Å². The lowest BCUT2D eigenvalue weighted by atomic mass is 10.4. The third-order valence-corrected chi connectivity index (χ3v) is 1.92. The molecule has 2 atom stereocenters. The van der Waals surface area contributed by atoms with E-state index >= 15 is 0 Å². The quantitative estimate of drug-likeness (QED) is 0.540. The summed E-state index contributed by atoms with van der Waals surface area (Å²) in [6, 6.07) is 0. The summed E-state index contributed by atoms with van der Waals surface area (Å²) < 4.78 is 23.8. The topological polar surface area (TPSA) is 121 Å². The zero-order valence-electron chi connectivity index (χ0n) is 12.1. The fourth-order valence-corrected chi connectivity index (χ4v) is 1.12. The largest absolute Gasteiger partial charge is 0.508 e. The average Bonchev–Trinajstić information content (AvgIpc) is 2.42. The van der Waals surface area contributed by atoms with Gasteiger partial charge < -0.3 is 33.9 Å². The van der Waals surface area contributed by atoms with E-state index < -0.39 is 24.5 Å². The summed E-state index contributed by atoms with van der Waals surface area (Å²) in [6.45, 7) is 2.56. The van der Waals surface area contributed by atoms with Crippen LogP contribution in [0.3, 0.4) is 0 Å². The maximum Gasteiger partial charge on any atom is 0.508 e. The van der Waals surface area contributed by atoms with E-state index in [1.165, 1.54) is 0 Å². The normalized spacial score (nSPS) is 13.1. The molecule has 0 radical (unpaired) electrons.